The first kappa shape index (κ1) is 14.3. The van der Waals surface area contributed by atoms with Crippen molar-refractivity contribution < 1.29 is 9.53 Å². The number of anilines is 1. The Hall–Kier alpha value is -1.14. The molecular weight excluding hydrogens is 262 g/mol. The lowest BCUT2D eigenvalue weighted by molar-refractivity contribution is 0.0594. The fourth-order valence-corrected chi connectivity index (χ4v) is 3.50. The Morgan fingerprint density at radius 3 is 2.68 bits per heavy atom. The molecule has 1 aliphatic heterocycles. The van der Waals surface area contributed by atoms with E-state index in [0.717, 1.165) is 23.1 Å². The number of nitrogens with zero attached hydrogens (tertiary/aromatic N) is 3. The molecule has 1 aliphatic rings. The maximum Gasteiger partial charge on any atom is 0.357 e. The highest BCUT2D eigenvalue weighted by Crippen LogP contribution is 2.31. The molecule has 0 amide bonds. The minimum atomic E-state index is -0.351. The van der Waals surface area contributed by atoms with E-state index in [1.54, 1.807) is 11.3 Å². The van der Waals surface area contributed by atoms with E-state index in [9.17, 15) is 4.79 Å². The van der Waals surface area contributed by atoms with Crippen LogP contribution in [0.5, 0.6) is 0 Å². The van der Waals surface area contributed by atoms with Crippen molar-refractivity contribution in [2.75, 3.05) is 39.2 Å². The number of aryl methyl sites for hydroxylation is 1. The third kappa shape index (κ3) is 2.74. The smallest absolute Gasteiger partial charge is 0.357 e. The number of rotatable bonds is 3. The lowest BCUT2D eigenvalue weighted by Crippen LogP contribution is -2.34. The quantitative estimate of drug-likeness (QED) is 0.789. The van der Waals surface area contributed by atoms with Crippen molar-refractivity contribution in [3.63, 3.8) is 0 Å². The second-order valence-electron chi connectivity index (χ2n) is 5.31. The molecule has 19 heavy (non-hydrogen) atoms. The van der Waals surface area contributed by atoms with Crippen molar-refractivity contribution in [3.8, 4) is 0 Å². The summed E-state index contributed by atoms with van der Waals surface area (Å²) in [6.07, 6.45) is 0. The molecule has 0 spiro atoms. The number of likely N-dealkylation sites (N-methyl/N-ethyl adjacent to an activating group) is 1. The maximum absolute atomic E-state index is 11.6. The standard InChI is InChI=1S/C13H21N3O2S/c1-8-6-16(7-10(8)15(3)4)13-14-11(9(2)19-13)12(17)18-5/h8,10H,6-7H2,1-5H3. The number of methoxy groups -OCH3 is 1. The van der Waals surface area contributed by atoms with Gasteiger partial charge in [-0.25, -0.2) is 9.78 Å². The number of carbonyl (C=O) groups is 1. The number of aromatic nitrogens is 1. The predicted molar refractivity (Wildman–Crippen MR) is 77.0 cm³/mol. The number of ether oxygens (including phenoxy) is 1. The highest BCUT2D eigenvalue weighted by Gasteiger charge is 2.33. The van der Waals surface area contributed by atoms with Crippen molar-refractivity contribution in [3.05, 3.63) is 10.6 Å². The lowest BCUT2D eigenvalue weighted by atomic mass is 10.1. The molecule has 0 N–H and O–H groups in total. The van der Waals surface area contributed by atoms with Crippen molar-refractivity contribution in [1.82, 2.24) is 9.88 Å². The zero-order valence-electron chi connectivity index (χ0n) is 12.1. The Morgan fingerprint density at radius 2 is 2.16 bits per heavy atom. The Balaban J connectivity index is 2.18. The van der Waals surface area contributed by atoms with Gasteiger partial charge in [0, 0.05) is 24.0 Å². The van der Waals surface area contributed by atoms with Gasteiger partial charge in [0.1, 0.15) is 0 Å². The van der Waals surface area contributed by atoms with Crippen LogP contribution in [-0.2, 0) is 4.74 Å². The number of carbonyl (C=O) groups excluding carboxylic acids is 1. The van der Waals surface area contributed by atoms with Gasteiger partial charge in [-0.1, -0.05) is 6.92 Å². The molecule has 1 saturated heterocycles. The van der Waals surface area contributed by atoms with Crippen LogP contribution >= 0.6 is 11.3 Å². The number of hydrogen-bond acceptors (Lipinski definition) is 6. The first-order valence-corrected chi connectivity index (χ1v) is 7.22. The Kier molecular flexibility index (Phi) is 4.10. The average Bonchev–Trinajstić information content (AvgIpc) is 2.91. The zero-order chi connectivity index (χ0) is 14.2. The van der Waals surface area contributed by atoms with Crippen LogP contribution in [0.4, 0.5) is 5.13 Å². The topological polar surface area (TPSA) is 45.7 Å². The van der Waals surface area contributed by atoms with Gasteiger partial charge in [-0.3, -0.25) is 0 Å². The Labute approximate surface area is 118 Å². The molecular formula is C13H21N3O2S. The fourth-order valence-electron chi connectivity index (χ4n) is 2.58. The van der Waals surface area contributed by atoms with E-state index in [0.29, 0.717) is 17.7 Å². The van der Waals surface area contributed by atoms with E-state index in [-0.39, 0.29) is 5.97 Å². The molecule has 0 saturated carbocycles. The highest BCUT2D eigenvalue weighted by molar-refractivity contribution is 7.15. The van der Waals surface area contributed by atoms with Gasteiger partial charge in [0.25, 0.3) is 0 Å². The number of esters is 1. The van der Waals surface area contributed by atoms with E-state index in [1.165, 1.54) is 7.11 Å². The summed E-state index contributed by atoms with van der Waals surface area (Å²) in [7, 11) is 5.61. The first-order valence-electron chi connectivity index (χ1n) is 6.41. The van der Waals surface area contributed by atoms with E-state index in [1.807, 2.05) is 6.92 Å². The summed E-state index contributed by atoms with van der Waals surface area (Å²) in [6.45, 7) is 6.11. The second-order valence-corrected chi connectivity index (χ2v) is 6.49. The molecule has 1 aromatic heterocycles. The summed E-state index contributed by atoms with van der Waals surface area (Å²) in [4.78, 5) is 21.5. The van der Waals surface area contributed by atoms with Crippen LogP contribution in [0.1, 0.15) is 22.3 Å². The molecule has 2 rings (SSSR count). The van der Waals surface area contributed by atoms with Gasteiger partial charge in [-0.15, -0.1) is 11.3 Å². The van der Waals surface area contributed by atoms with Gasteiger partial charge in [0.15, 0.2) is 10.8 Å². The van der Waals surface area contributed by atoms with Crippen LogP contribution in [0.3, 0.4) is 0 Å². The van der Waals surface area contributed by atoms with Crippen LogP contribution in [-0.4, -0.2) is 56.2 Å². The minimum Gasteiger partial charge on any atom is -0.464 e. The molecule has 1 fully saturated rings. The number of thiazole rings is 1. The number of hydrogen-bond donors (Lipinski definition) is 0. The molecule has 0 bridgehead atoms. The fraction of sp³-hybridized carbons (Fsp3) is 0.692. The summed E-state index contributed by atoms with van der Waals surface area (Å²) in [5.74, 6) is 0.247. The summed E-state index contributed by atoms with van der Waals surface area (Å²) in [6, 6.07) is 0.533. The molecule has 1 aromatic rings. The summed E-state index contributed by atoms with van der Waals surface area (Å²) in [5.41, 5.74) is 0.448. The van der Waals surface area contributed by atoms with Crippen LogP contribution in [0.2, 0.25) is 0 Å². The molecule has 2 unspecified atom stereocenters. The molecule has 0 aromatic carbocycles. The van der Waals surface area contributed by atoms with E-state index in [2.05, 4.69) is 35.8 Å². The maximum atomic E-state index is 11.6. The first-order chi connectivity index (χ1) is 8.93. The largest absolute Gasteiger partial charge is 0.464 e. The third-order valence-electron chi connectivity index (χ3n) is 3.67. The van der Waals surface area contributed by atoms with Crippen LogP contribution in [0.15, 0.2) is 0 Å². The third-order valence-corrected chi connectivity index (χ3v) is 4.70. The van der Waals surface area contributed by atoms with Crippen molar-refractivity contribution >= 4 is 22.4 Å². The van der Waals surface area contributed by atoms with E-state index >= 15 is 0 Å². The average molecular weight is 283 g/mol. The van der Waals surface area contributed by atoms with Gasteiger partial charge in [-0.05, 0) is 26.9 Å². The van der Waals surface area contributed by atoms with Gasteiger partial charge in [0.2, 0.25) is 0 Å². The van der Waals surface area contributed by atoms with E-state index < -0.39 is 0 Å². The van der Waals surface area contributed by atoms with Gasteiger partial charge in [0.05, 0.1) is 7.11 Å². The van der Waals surface area contributed by atoms with Crippen molar-refractivity contribution in [2.24, 2.45) is 5.92 Å². The predicted octanol–water partition coefficient (Wildman–Crippen LogP) is 1.62. The SMILES string of the molecule is COC(=O)c1nc(N2CC(C)C(N(C)C)C2)sc1C. The summed E-state index contributed by atoms with van der Waals surface area (Å²) in [5, 5.41) is 0.925. The second kappa shape index (κ2) is 5.46. The lowest BCUT2D eigenvalue weighted by Gasteiger charge is -2.22. The molecule has 6 heteroatoms. The van der Waals surface area contributed by atoms with Gasteiger partial charge in [-0.2, -0.15) is 0 Å². The van der Waals surface area contributed by atoms with Crippen LogP contribution < -0.4 is 4.90 Å². The highest BCUT2D eigenvalue weighted by atomic mass is 32.1. The molecule has 5 nitrogen and oxygen atoms in total. The zero-order valence-corrected chi connectivity index (χ0v) is 13.0. The van der Waals surface area contributed by atoms with E-state index in [4.69, 9.17) is 4.74 Å². The summed E-state index contributed by atoms with van der Waals surface area (Å²) < 4.78 is 4.75. The Bertz CT molecular complexity index is 472. The molecule has 0 radical (unpaired) electrons. The minimum absolute atomic E-state index is 0.351. The summed E-state index contributed by atoms with van der Waals surface area (Å²) >= 11 is 1.57. The molecule has 106 valence electrons. The van der Waals surface area contributed by atoms with Crippen molar-refractivity contribution in [1.29, 1.82) is 0 Å². The molecule has 2 heterocycles. The van der Waals surface area contributed by atoms with Gasteiger partial charge >= 0.3 is 5.97 Å². The monoisotopic (exact) mass is 283 g/mol. The molecule has 2 atom stereocenters. The van der Waals surface area contributed by atoms with Crippen LogP contribution in [0, 0.1) is 12.8 Å². The molecule has 0 aliphatic carbocycles. The Morgan fingerprint density at radius 1 is 1.47 bits per heavy atom. The normalized spacial score (nSPS) is 23.2. The van der Waals surface area contributed by atoms with Crippen molar-refractivity contribution in [2.45, 2.75) is 19.9 Å². The van der Waals surface area contributed by atoms with Gasteiger partial charge < -0.3 is 14.5 Å². The van der Waals surface area contributed by atoms with Crippen LogP contribution in [0.25, 0.3) is 0 Å².